The normalized spacial score (nSPS) is 17.6. The van der Waals surface area contributed by atoms with Gasteiger partial charge in [0.25, 0.3) is 5.91 Å². The number of halogens is 1. The summed E-state index contributed by atoms with van der Waals surface area (Å²) >= 11 is 6.07. The number of rotatable bonds is 6. The Balaban J connectivity index is 1.39. The number of nitrogens with zero attached hydrogens (tertiary/aromatic N) is 5. The highest BCUT2D eigenvalue weighted by Gasteiger charge is 2.39. The van der Waals surface area contributed by atoms with E-state index in [-0.39, 0.29) is 23.7 Å². The molecule has 1 aliphatic heterocycles. The molecule has 190 valence electrons. The lowest BCUT2D eigenvalue weighted by Gasteiger charge is -2.45. The van der Waals surface area contributed by atoms with Crippen LogP contribution in [0.1, 0.15) is 68.2 Å². The number of aromatic nitrogens is 4. The lowest BCUT2D eigenvalue weighted by atomic mass is 9.70. The topological polar surface area (TPSA) is 93.0 Å². The molecule has 1 atom stereocenters. The SMILES string of the molecule is Cc1nnnn1-c1cccc(C(=O)NC(C)(C)CC(=O)N2CCC(c3ccc(Cl)cc3)C(C)(C)C2)c1. The van der Waals surface area contributed by atoms with E-state index in [2.05, 4.69) is 46.8 Å². The fraction of sp³-hybridized carbons (Fsp3) is 0.444. The number of piperidine rings is 1. The molecule has 36 heavy (non-hydrogen) atoms. The molecule has 2 heterocycles. The fourth-order valence-electron chi connectivity index (χ4n) is 5.05. The number of carbonyl (C=O) groups is 2. The third-order valence-electron chi connectivity index (χ3n) is 6.88. The first-order valence-corrected chi connectivity index (χ1v) is 12.5. The first kappa shape index (κ1) is 25.8. The van der Waals surface area contributed by atoms with Crippen molar-refractivity contribution in [1.82, 2.24) is 30.4 Å². The van der Waals surface area contributed by atoms with Crippen molar-refractivity contribution in [2.75, 3.05) is 13.1 Å². The molecule has 4 rings (SSSR count). The highest BCUT2D eigenvalue weighted by Crippen LogP contribution is 2.42. The van der Waals surface area contributed by atoms with Gasteiger partial charge in [0, 0.05) is 35.6 Å². The van der Waals surface area contributed by atoms with E-state index in [4.69, 9.17) is 11.6 Å². The minimum absolute atomic E-state index is 0.0426. The molecule has 1 aliphatic rings. The summed E-state index contributed by atoms with van der Waals surface area (Å²) in [6.07, 6.45) is 1.10. The van der Waals surface area contributed by atoms with Crippen molar-refractivity contribution >= 4 is 23.4 Å². The van der Waals surface area contributed by atoms with Crippen LogP contribution in [0.5, 0.6) is 0 Å². The molecule has 0 spiro atoms. The van der Waals surface area contributed by atoms with Gasteiger partial charge in [-0.25, -0.2) is 0 Å². The van der Waals surface area contributed by atoms with Crippen LogP contribution in [0.15, 0.2) is 48.5 Å². The van der Waals surface area contributed by atoms with E-state index >= 15 is 0 Å². The van der Waals surface area contributed by atoms with Crippen molar-refractivity contribution in [3.8, 4) is 5.69 Å². The van der Waals surface area contributed by atoms with Gasteiger partial charge < -0.3 is 10.2 Å². The van der Waals surface area contributed by atoms with E-state index in [0.717, 1.165) is 11.4 Å². The van der Waals surface area contributed by atoms with E-state index in [0.29, 0.717) is 36.1 Å². The Hall–Kier alpha value is -3.26. The molecule has 0 bridgehead atoms. The number of tetrazole rings is 1. The zero-order valence-electron chi connectivity index (χ0n) is 21.5. The molecule has 1 fully saturated rings. The third-order valence-corrected chi connectivity index (χ3v) is 7.13. The number of amides is 2. The van der Waals surface area contributed by atoms with Gasteiger partial charge in [-0.05, 0) is 84.8 Å². The van der Waals surface area contributed by atoms with Crippen LogP contribution in [0.25, 0.3) is 5.69 Å². The molecular weight excluding hydrogens is 476 g/mol. The molecule has 0 radical (unpaired) electrons. The number of aryl methyl sites for hydroxylation is 1. The predicted molar refractivity (Wildman–Crippen MR) is 139 cm³/mol. The monoisotopic (exact) mass is 508 g/mol. The van der Waals surface area contributed by atoms with Gasteiger partial charge in [-0.15, -0.1) is 5.10 Å². The number of hydrogen-bond donors (Lipinski definition) is 1. The second-order valence-corrected chi connectivity index (χ2v) is 11.3. The second-order valence-electron chi connectivity index (χ2n) is 10.9. The fourth-order valence-corrected chi connectivity index (χ4v) is 5.17. The molecular formula is C27H33ClN6O2. The summed E-state index contributed by atoms with van der Waals surface area (Å²) in [5.74, 6) is 0.770. The zero-order chi connectivity index (χ0) is 26.1. The van der Waals surface area contributed by atoms with Crippen LogP contribution >= 0.6 is 11.6 Å². The van der Waals surface area contributed by atoms with Gasteiger partial charge in [0.2, 0.25) is 5.91 Å². The van der Waals surface area contributed by atoms with Crippen molar-refractivity contribution in [3.05, 3.63) is 70.5 Å². The van der Waals surface area contributed by atoms with Crippen LogP contribution in [0.4, 0.5) is 0 Å². The number of likely N-dealkylation sites (tertiary alicyclic amines) is 1. The highest BCUT2D eigenvalue weighted by molar-refractivity contribution is 6.30. The lowest BCUT2D eigenvalue weighted by molar-refractivity contribution is -0.136. The summed E-state index contributed by atoms with van der Waals surface area (Å²) in [7, 11) is 0. The van der Waals surface area contributed by atoms with Crippen molar-refractivity contribution in [1.29, 1.82) is 0 Å². The Labute approximate surface area is 217 Å². The van der Waals surface area contributed by atoms with Crippen LogP contribution in [0.2, 0.25) is 5.02 Å². The lowest BCUT2D eigenvalue weighted by Crippen LogP contribution is -2.51. The Kier molecular flexibility index (Phi) is 7.18. The van der Waals surface area contributed by atoms with Crippen LogP contribution in [0, 0.1) is 12.3 Å². The summed E-state index contributed by atoms with van der Waals surface area (Å²) in [6.45, 7) is 11.3. The van der Waals surface area contributed by atoms with Gasteiger partial charge in [0.1, 0.15) is 0 Å². The van der Waals surface area contributed by atoms with Gasteiger partial charge >= 0.3 is 0 Å². The minimum atomic E-state index is -0.716. The Bertz CT molecular complexity index is 1250. The van der Waals surface area contributed by atoms with Crippen LogP contribution in [-0.2, 0) is 4.79 Å². The van der Waals surface area contributed by atoms with Crippen LogP contribution < -0.4 is 5.32 Å². The minimum Gasteiger partial charge on any atom is -0.347 e. The van der Waals surface area contributed by atoms with Gasteiger partial charge in [0.05, 0.1) is 5.69 Å². The summed E-state index contributed by atoms with van der Waals surface area (Å²) in [4.78, 5) is 28.3. The Morgan fingerprint density at radius 1 is 1.17 bits per heavy atom. The van der Waals surface area contributed by atoms with E-state index in [9.17, 15) is 9.59 Å². The van der Waals surface area contributed by atoms with Gasteiger partial charge in [-0.3, -0.25) is 9.59 Å². The molecule has 2 aromatic carbocycles. The smallest absolute Gasteiger partial charge is 0.251 e. The molecule has 2 amide bonds. The van der Waals surface area contributed by atoms with Crippen LogP contribution in [-0.4, -0.2) is 55.5 Å². The average molecular weight is 509 g/mol. The van der Waals surface area contributed by atoms with Gasteiger partial charge in [0.15, 0.2) is 5.82 Å². The first-order valence-electron chi connectivity index (χ1n) is 12.2. The molecule has 0 saturated carbocycles. The first-order chi connectivity index (χ1) is 16.9. The largest absolute Gasteiger partial charge is 0.347 e. The molecule has 8 nitrogen and oxygen atoms in total. The van der Waals surface area contributed by atoms with E-state index in [1.54, 1.807) is 29.8 Å². The Morgan fingerprint density at radius 3 is 2.53 bits per heavy atom. The maximum atomic E-state index is 13.3. The third kappa shape index (κ3) is 5.75. The van der Waals surface area contributed by atoms with E-state index < -0.39 is 5.54 Å². The molecule has 1 aromatic heterocycles. The maximum absolute atomic E-state index is 13.3. The quantitative estimate of drug-likeness (QED) is 0.526. The number of benzene rings is 2. The molecule has 1 N–H and O–H groups in total. The van der Waals surface area contributed by atoms with Gasteiger partial charge in [-0.2, -0.15) is 4.68 Å². The summed E-state index contributed by atoms with van der Waals surface area (Å²) < 4.78 is 1.57. The van der Waals surface area contributed by atoms with Crippen molar-refractivity contribution in [3.63, 3.8) is 0 Å². The van der Waals surface area contributed by atoms with Crippen molar-refractivity contribution in [2.45, 2.75) is 58.9 Å². The summed E-state index contributed by atoms with van der Waals surface area (Å²) in [6, 6.07) is 15.1. The second kappa shape index (κ2) is 10.0. The predicted octanol–water partition coefficient (Wildman–Crippen LogP) is 4.56. The zero-order valence-corrected chi connectivity index (χ0v) is 22.2. The molecule has 1 unspecified atom stereocenters. The maximum Gasteiger partial charge on any atom is 0.251 e. The average Bonchev–Trinajstić information content (AvgIpc) is 3.24. The van der Waals surface area contributed by atoms with Crippen LogP contribution in [0.3, 0.4) is 0 Å². The molecule has 9 heteroatoms. The standard InChI is InChI=1S/C27H33ClN6O2/c1-18-30-31-32-34(18)22-8-6-7-20(15-22)25(36)29-27(4,5)16-24(35)33-14-13-23(26(2,3)17-33)19-9-11-21(28)12-10-19/h6-12,15,23H,13-14,16-17H2,1-5H3,(H,29,36). The Morgan fingerprint density at radius 2 is 1.89 bits per heavy atom. The number of carbonyl (C=O) groups excluding carboxylic acids is 2. The van der Waals surface area contributed by atoms with Crippen molar-refractivity contribution in [2.24, 2.45) is 5.41 Å². The molecule has 3 aromatic rings. The summed E-state index contributed by atoms with van der Waals surface area (Å²) in [5, 5.41) is 15.3. The van der Waals surface area contributed by atoms with Crippen molar-refractivity contribution < 1.29 is 9.59 Å². The molecule has 1 saturated heterocycles. The number of nitrogens with one attached hydrogen (secondary N) is 1. The van der Waals surface area contributed by atoms with E-state index in [1.165, 1.54) is 5.56 Å². The van der Waals surface area contributed by atoms with Gasteiger partial charge in [-0.1, -0.05) is 43.6 Å². The highest BCUT2D eigenvalue weighted by atomic mass is 35.5. The van der Waals surface area contributed by atoms with E-state index in [1.807, 2.05) is 36.9 Å². The number of hydrogen-bond acceptors (Lipinski definition) is 5. The summed E-state index contributed by atoms with van der Waals surface area (Å²) in [5.41, 5.74) is 1.64. The molecule has 0 aliphatic carbocycles.